The van der Waals surface area contributed by atoms with E-state index in [1.54, 1.807) is 0 Å². The number of benzene rings is 1. The Hall–Kier alpha value is -1.12. The van der Waals surface area contributed by atoms with Crippen molar-refractivity contribution in [2.75, 3.05) is 0 Å². The second-order valence-electron chi connectivity index (χ2n) is 5.74. The molecular weight excluding hydrogens is 264 g/mol. The first kappa shape index (κ1) is 13.8. The van der Waals surface area contributed by atoms with Crippen molar-refractivity contribution in [1.82, 2.24) is 0 Å². The van der Waals surface area contributed by atoms with Crippen molar-refractivity contribution in [1.29, 1.82) is 0 Å². The number of rotatable bonds is 6. The molecule has 0 aliphatic heterocycles. The third-order valence-electron chi connectivity index (χ3n) is 4.38. The van der Waals surface area contributed by atoms with Crippen LogP contribution >= 0.6 is 11.3 Å². The SMILES string of the molecule is OC(CCCc1cccs1)c1ccccc1C1CCC1. The van der Waals surface area contributed by atoms with Crippen LogP contribution in [0.5, 0.6) is 0 Å². The summed E-state index contributed by atoms with van der Waals surface area (Å²) in [5, 5.41) is 12.6. The van der Waals surface area contributed by atoms with Gasteiger partial charge in [0.2, 0.25) is 0 Å². The van der Waals surface area contributed by atoms with Gasteiger partial charge in [-0.2, -0.15) is 0 Å². The lowest BCUT2D eigenvalue weighted by molar-refractivity contribution is 0.162. The molecule has 1 atom stereocenters. The molecule has 0 radical (unpaired) electrons. The quantitative estimate of drug-likeness (QED) is 0.786. The smallest absolute Gasteiger partial charge is 0.0792 e. The molecule has 1 N–H and O–H groups in total. The molecule has 1 saturated carbocycles. The van der Waals surface area contributed by atoms with E-state index in [1.807, 2.05) is 11.3 Å². The summed E-state index contributed by atoms with van der Waals surface area (Å²) in [6.45, 7) is 0. The van der Waals surface area contributed by atoms with Gasteiger partial charge in [-0.15, -0.1) is 11.3 Å². The minimum atomic E-state index is -0.299. The molecule has 1 aromatic carbocycles. The Morgan fingerprint density at radius 2 is 2.00 bits per heavy atom. The molecule has 2 heteroatoms. The van der Waals surface area contributed by atoms with E-state index >= 15 is 0 Å². The molecular formula is C18H22OS. The van der Waals surface area contributed by atoms with Crippen LogP contribution in [0.2, 0.25) is 0 Å². The Morgan fingerprint density at radius 3 is 2.70 bits per heavy atom. The molecule has 1 unspecified atom stereocenters. The fraction of sp³-hybridized carbons (Fsp3) is 0.444. The standard InChI is InChI=1S/C18H22OS/c19-18(12-4-8-15-9-5-13-20-15)17-11-2-1-10-16(17)14-6-3-7-14/h1-2,5,9-11,13-14,18-19H,3-4,6-8,12H2. The molecule has 106 valence electrons. The molecule has 1 aliphatic rings. The topological polar surface area (TPSA) is 20.2 Å². The number of thiophene rings is 1. The van der Waals surface area contributed by atoms with Crippen LogP contribution in [0, 0.1) is 0 Å². The third-order valence-corrected chi connectivity index (χ3v) is 5.32. The predicted octanol–water partition coefficient (Wildman–Crippen LogP) is 5.07. The maximum Gasteiger partial charge on any atom is 0.0792 e. The predicted molar refractivity (Wildman–Crippen MR) is 85.3 cm³/mol. The molecule has 2 aromatic rings. The van der Waals surface area contributed by atoms with Crippen LogP contribution in [0.4, 0.5) is 0 Å². The van der Waals surface area contributed by atoms with Crippen LogP contribution in [0.1, 0.15) is 60.1 Å². The first-order valence-electron chi connectivity index (χ1n) is 7.64. The lowest BCUT2D eigenvalue weighted by Gasteiger charge is -2.29. The van der Waals surface area contributed by atoms with E-state index in [4.69, 9.17) is 0 Å². The van der Waals surface area contributed by atoms with E-state index < -0.39 is 0 Å². The van der Waals surface area contributed by atoms with E-state index in [1.165, 1.54) is 35.3 Å². The van der Waals surface area contributed by atoms with Gasteiger partial charge in [0.15, 0.2) is 0 Å². The number of aliphatic hydroxyl groups excluding tert-OH is 1. The summed E-state index contributed by atoms with van der Waals surface area (Å²) in [7, 11) is 0. The number of aliphatic hydroxyl groups is 1. The van der Waals surface area contributed by atoms with Crippen LogP contribution in [0.25, 0.3) is 0 Å². The van der Waals surface area contributed by atoms with Gasteiger partial charge in [0.25, 0.3) is 0 Å². The van der Waals surface area contributed by atoms with Crippen molar-refractivity contribution in [3.8, 4) is 0 Å². The zero-order valence-electron chi connectivity index (χ0n) is 11.8. The van der Waals surface area contributed by atoms with Gasteiger partial charge < -0.3 is 5.11 Å². The second kappa shape index (κ2) is 6.55. The molecule has 1 heterocycles. The molecule has 0 amide bonds. The zero-order chi connectivity index (χ0) is 13.8. The van der Waals surface area contributed by atoms with Crippen LogP contribution in [0.3, 0.4) is 0 Å². The maximum atomic E-state index is 10.5. The molecule has 1 aromatic heterocycles. The molecule has 3 rings (SSSR count). The molecule has 0 spiro atoms. The Labute approximate surface area is 125 Å². The maximum absolute atomic E-state index is 10.5. The molecule has 0 saturated heterocycles. The molecule has 0 bridgehead atoms. The summed E-state index contributed by atoms with van der Waals surface area (Å²) < 4.78 is 0. The van der Waals surface area contributed by atoms with E-state index in [9.17, 15) is 5.11 Å². The van der Waals surface area contributed by atoms with Crippen LogP contribution in [0.15, 0.2) is 41.8 Å². The van der Waals surface area contributed by atoms with E-state index in [0.29, 0.717) is 5.92 Å². The first-order chi connectivity index (χ1) is 9.84. The van der Waals surface area contributed by atoms with E-state index in [2.05, 4.69) is 41.8 Å². The average Bonchev–Trinajstić information content (AvgIpc) is 2.90. The normalized spacial score (nSPS) is 16.9. The highest BCUT2D eigenvalue weighted by Crippen LogP contribution is 2.40. The number of hydrogen-bond donors (Lipinski definition) is 1. The molecule has 1 fully saturated rings. The fourth-order valence-electron chi connectivity index (χ4n) is 2.99. The average molecular weight is 286 g/mol. The summed E-state index contributed by atoms with van der Waals surface area (Å²) in [6.07, 6.45) is 6.63. The van der Waals surface area contributed by atoms with Gasteiger partial charge in [0.05, 0.1) is 6.10 Å². The fourth-order valence-corrected chi connectivity index (χ4v) is 3.74. The summed E-state index contributed by atoms with van der Waals surface area (Å²) in [5.74, 6) is 0.693. The molecule has 1 nitrogen and oxygen atoms in total. The minimum absolute atomic E-state index is 0.299. The highest BCUT2D eigenvalue weighted by molar-refractivity contribution is 7.09. The largest absolute Gasteiger partial charge is 0.388 e. The van der Waals surface area contributed by atoms with Gasteiger partial charge in [-0.25, -0.2) is 0 Å². The van der Waals surface area contributed by atoms with Crippen molar-refractivity contribution >= 4 is 11.3 Å². The number of aryl methyl sites for hydroxylation is 1. The molecule has 1 aliphatic carbocycles. The Bertz CT molecular complexity index is 528. The highest BCUT2D eigenvalue weighted by Gasteiger charge is 2.23. The summed E-state index contributed by atoms with van der Waals surface area (Å²) in [5.41, 5.74) is 2.56. The summed E-state index contributed by atoms with van der Waals surface area (Å²) >= 11 is 1.81. The second-order valence-corrected chi connectivity index (χ2v) is 6.78. The van der Waals surface area contributed by atoms with E-state index in [-0.39, 0.29) is 6.10 Å². The number of hydrogen-bond acceptors (Lipinski definition) is 2. The van der Waals surface area contributed by atoms with Gasteiger partial charge in [-0.05, 0) is 60.6 Å². The summed E-state index contributed by atoms with van der Waals surface area (Å²) in [4.78, 5) is 1.42. The van der Waals surface area contributed by atoms with Crippen molar-refractivity contribution in [2.24, 2.45) is 0 Å². The van der Waals surface area contributed by atoms with Gasteiger partial charge in [-0.3, -0.25) is 0 Å². The lowest BCUT2D eigenvalue weighted by Crippen LogP contribution is -2.13. The van der Waals surface area contributed by atoms with Gasteiger partial charge >= 0.3 is 0 Å². The molecule has 20 heavy (non-hydrogen) atoms. The monoisotopic (exact) mass is 286 g/mol. The Morgan fingerprint density at radius 1 is 1.15 bits per heavy atom. The van der Waals surface area contributed by atoms with Crippen LogP contribution in [-0.4, -0.2) is 5.11 Å². The Balaban J connectivity index is 1.60. The van der Waals surface area contributed by atoms with Gasteiger partial charge in [0, 0.05) is 4.88 Å². The third kappa shape index (κ3) is 3.13. The van der Waals surface area contributed by atoms with Gasteiger partial charge in [-0.1, -0.05) is 36.8 Å². The van der Waals surface area contributed by atoms with Crippen molar-refractivity contribution in [3.05, 3.63) is 57.8 Å². The lowest BCUT2D eigenvalue weighted by atomic mass is 9.77. The van der Waals surface area contributed by atoms with Crippen molar-refractivity contribution in [2.45, 2.75) is 50.5 Å². The first-order valence-corrected chi connectivity index (χ1v) is 8.52. The van der Waals surface area contributed by atoms with Crippen LogP contribution < -0.4 is 0 Å². The summed E-state index contributed by atoms with van der Waals surface area (Å²) in [6, 6.07) is 12.8. The Kier molecular flexibility index (Phi) is 4.54. The minimum Gasteiger partial charge on any atom is -0.388 e. The van der Waals surface area contributed by atoms with E-state index in [0.717, 1.165) is 19.3 Å². The highest BCUT2D eigenvalue weighted by atomic mass is 32.1. The zero-order valence-corrected chi connectivity index (χ0v) is 12.6. The van der Waals surface area contributed by atoms with Gasteiger partial charge in [0.1, 0.15) is 0 Å². The van der Waals surface area contributed by atoms with Crippen molar-refractivity contribution < 1.29 is 5.11 Å². The van der Waals surface area contributed by atoms with Crippen molar-refractivity contribution in [3.63, 3.8) is 0 Å². The van der Waals surface area contributed by atoms with Crippen LogP contribution in [-0.2, 0) is 6.42 Å².